The van der Waals surface area contributed by atoms with Crippen molar-refractivity contribution < 1.29 is 9.59 Å². The Morgan fingerprint density at radius 2 is 1.88 bits per heavy atom. The fraction of sp³-hybridized carbons (Fsp3) is 0.400. The number of hydrogen-bond acceptors (Lipinski definition) is 3. The fourth-order valence-electron chi connectivity index (χ4n) is 3.19. The Hall–Kier alpha value is -2.34. The van der Waals surface area contributed by atoms with E-state index in [4.69, 9.17) is 0 Å². The fourth-order valence-corrected chi connectivity index (χ4v) is 4.21. The number of carbonyl (C=O) groups is 2. The molecular weight excluding hydrogens is 346 g/mol. The molecule has 5 nitrogen and oxygen atoms in total. The minimum absolute atomic E-state index is 0.00462. The van der Waals surface area contributed by atoms with Crippen molar-refractivity contribution in [3.05, 3.63) is 51.7 Å². The molecule has 3 amide bonds. The van der Waals surface area contributed by atoms with E-state index in [1.54, 1.807) is 16.2 Å². The normalized spacial score (nSPS) is 14.9. The van der Waals surface area contributed by atoms with E-state index in [1.807, 2.05) is 36.4 Å². The number of thiophene rings is 1. The van der Waals surface area contributed by atoms with Crippen LogP contribution in [0, 0.1) is 6.92 Å². The third-order valence-corrected chi connectivity index (χ3v) is 5.86. The lowest BCUT2D eigenvalue weighted by atomic mass is 10.1. The molecule has 0 unspecified atom stereocenters. The van der Waals surface area contributed by atoms with Crippen molar-refractivity contribution in [2.24, 2.45) is 0 Å². The molecule has 1 aromatic heterocycles. The van der Waals surface area contributed by atoms with Gasteiger partial charge in [0.05, 0.1) is 4.88 Å². The number of amides is 3. The van der Waals surface area contributed by atoms with Gasteiger partial charge in [0.25, 0.3) is 5.91 Å². The first-order valence-corrected chi connectivity index (χ1v) is 9.89. The number of para-hydroxylation sites is 1. The van der Waals surface area contributed by atoms with E-state index in [0.717, 1.165) is 29.8 Å². The van der Waals surface area contributed by atoms with Crippen molar-refractivity contribution in [2.75, 3.05) is 18.4 Å². The molecule has 2 heterocycles. The van der Waals surface area contributed by atoms with Crippen LogP contribution in [0.3, 0.4) is 0 Å². The third kappa shape index (κ3) is 4.43. The summed E-state index contributed by atoms with van der Waals surface area (Å²) in [5.74, 6) is 0.00462. The van der Waals surface area contributed by atoms with Crippen molar-refractivity contribution in [1.29, 1.82) is 0 Å². The Bertz CT molecular complexity index is 765. The van der Waals surface area contributed by atoms with Crippen LogP contribution in [0.1, 0.15) is 39.9 Å². The predicted molar refractivity (Wildman–Crippen MR) is 106 cm³/mol. The predicted octanol–water partition coefficient (Wildman–Crippen LogP) is 4.05. The minimum Gasteiger partial charge on any atom is -0.348 e. The quantitative estimate of drug-likeness (QED) is 0.852. The molecule has 0 spiro atoms. The second kappa shape index (κ2) is 8.36. The summed E-state index contributed by atoms with van der Waals surface area (Å²) >= 11 is 1.56. The molecule has 1 saturated heterocycles. The maximum atomic E-state index is 12.5. The summed E-state index contributed by atoms with van der Waals surface area (Å²) in [6, 6.07) is 11.5. The number of benzene rings is 1. The molecule has 1 aliphatic heterocycles. The van der Waals surface area contributed by atoms with Crippen LogP contribution in [0.4, 0.5) is 10.5 Å². The molecule has 0 bridgehead atoms. The van der Waals surface area contributed by atoms with E-state index < -0.39 is 0 Å². The van der Waals surface area contributed by atoms with Gasteiger partial charge in [0, 0.05) is 29.7 Å². The van der Waals surface area contributed by atoms with Gasteiger partial charge in [0.1, 0.15) is 0 Å². The number of rotatable bonds is 4. The van der Waals surface area contributed by atoms with Gasteiger partial charge >= 0.3 is 6.03 Å². The molecule has 6 heteroatoms. The van der Waals surface area contributed by atoms with Gasteiger partial charge in [-0.15, -0.1) is 11.3 Å². The van der Waals surface area contributed by atoms with E-state index in [0.29, 0.717) is 13.1 Å². The second-order valence-electron chi connectivity index (χ2n) is 6.58. The first-order chi connectivity index (χ1) is 12.6. The Balaban J connectivity index is 1.48. The number of nitrogens with zero attached hydrogens (tertiary/aromatic N) is 1. The van der Waals surface area contributed by atoms with Gasteiger partial charge < -0.3 is 15.5 Å². The van der Waals surface area contributed by atoms with E-state index in [9.17, 15) is 9.59 Å². The molecule has 26 heavy (non-hydrogen) atoms. The molecule has 0 aliphatic carbocycles. The summed E-state index contributed by atoms with van der Waals surface area (Å²) < 4.78 is 0. The molecule has 1 aliphatic rings. The smallest absolute Gasteiger partial charge is 0.321 e. The molecule has 2 N–H and O–H groups in total. The maximum absolute atomic E-state index is 12.5. The van der Waals surface area contributed by atoms with Gasteiger partial charge in [0.2, 0.25) is 0 Å². The lowest BCUT2D eigenvalue weighted by molar-refractivity contribution is 0.0923. The second-order valence-corrected chi connectivity index (χ2v) is 7.83. The molecular formula is C20H25N3O2S. The minimum atomic E-state index is -0.0811. The Morgan fingerprint density at radius 1 is 1.19 bits per heavy atom. The van der Waals surface area contributed by atoms with Gasteiger partial charge in [-0.1, -0.05) is 25.1 Å². The highest BCUT2D eigenvalue weighted by Gasteiger charge is 2.24. The van der Waals surface area contributed by atoms with E-state index >= 15 is 0 Å². The van der Waals surface area contributed by atoms with Crippen LogP contribution in [0.2, 0.25) is 0 Å². The highest BCUT2D eigenvalue weighted by Crippen LogP contribution is 2.22. The molecule has 138 valence electrons. The largest absolute Gasteiger partial charge is 0.348 e. The Morgan fingerprint density at radius 3 is 2.50 bits per heavy atom. The first kappa shape index (κ1) is 18.5. The van der Waals surface area contributed by atoms with Crippen LogP contribution in [-0.2, 0) is 6.42 Å². The van der Waals surface area contributed by atoms with Crippen LogP contribution in [-0.4, -0.2) is 36.0 Å². The lowest BCUT2D eigenvalue weighted by Crippen LogP contribution is -2.47. The van der Waals surface area contributed by atoms with Crippen LogP contribution in [0.5, 0.6) is 0 Å². The summed E-state index contributed by atoms with van der Waals surface area (Å²) in [6.45, 7) is 5.46. The van der Waals surface area contributed by atoms with E-state index in [-0.39, 0.29) is 18.0 Å². The van der Waals surface area contributed by atoms with Gasteiger partial charge in [0.15, 0.2) is 0 Å². The zero-order valence-corrected chi connectivity index (χ0v) is 16.1. The molecule has 0 radical (unpaired) electrons. The third-order valence-electron chi connectivity index (χ3n) is 4.77. The van der Waals surface area contributed by atoms with Gasteiger partial charge in [-0.25, -0.2) is 4.79 Å². The topological polar surface area (TPSA) is 61.4 Å². The van der Waals surface area contributed by atoms with Crippen molar-refractivity contribution in [3.63, 3.8) is 0 Å². The monoisotopic (exact) mass is 371 g/mol. The molecule has 2 aromatic rings. The summed E-state index contributed by atoms with van der Waals surface area (Å²) in [6.07, 6.45) is 2.50. The van der Waals surface area contributed by atoms with Crippen molar-refractivity contribution in [2.45, 2.75) is 39.2 Å². The Kier molecular flexibility index (Phi) is 5.93. The zero-order chi connectivity index (χ0) is 18.5. The molecule has 1 fully saturated rings. The highest BCUT2D eigenvalue weighted by molar-refractivity contribution is 7.14. The van der Waals surface area contributed by atoms with Crippen LogP contribution in [0.15, 0.2) is 36.4 Å². The summed E-state index contributed by atoms with van der Waals surface area (Å²) in [7, 11) is 0. The number of urea groups is 1. The van der Waals surface area contributed by atoms with E-state index in [2.05, 4.69) is 24.5 Å². The van der Waals surface area contributed by atoms with Crippen LogP contribution in [0.25, 0.3) is 0 Å². The number of aryl methyl sites for hydroxylation is 2. The molecule has 0 saturated carbocycles. The molecule has 3 rings (SSSR count). The summed E-state index contributed by atoms with van der Waals surface area (Å²) in [4.78, 5) is 28.6. The van der Waals surface area contributed by atoms with Crippen LogP contribution < -0.4 is 10.6 Å². The van der Waals surface area contributed by atoms with Gasteiger partial charge in [-0.3, -0.25) is 4.79 Å². The number of anilines is 1. The van der Waals surface area contributed by atoms with Crippen molar-refractivity contribution in [3.8, 4) is 0 Å². The molecule has 1 aromatic carbocycles. The van der Waals surface area contributed by atoms with Crippen molar-refractivity contribution >= 4 is 29.0 Å². The zero-order valence-electron chi connectivity index (χ0n) is 15.2. The van der Waals surface area contributed by atoms with Crippen LogP contribution >= 0.6 is 11.3 Å². The highest BCUT2D eigenvalue weighted by atomic mass is 32.1. The number of piperidine rings is 1. The number of nitrogens with one attached hydrogen (secondary N) is 2. The standard InChI is InChI=1S/C20H25N3O2S/c1-3-15-13-18(26-14(15)2)19(24)21-17-9-11-23(12-10-17)20(25)22-16-7-5-4-6-8-16/h4-8,13,17H,3,9-12H2,1-2H3,(H,21,24)(H,22,25). The van der Waals surface area contributed by atoms with Crippen molar-refractivity contribution in [1.82, 2.24) is 10.2 Å². The number of likely N-dealkylation sites (tertiary alicyclic amines) is 1. The lowest BCUT2D eigenvalue weighted by Gasteiger charge is -2.32. The van der Waals surface area contributed by atoms with Gasteiger partial charge in [-0.05, 0) is 49.9 Å². The Labute approximate surface area is 158 Å². The SMILES string of the molecule is CCc1cc(C(=O)NC2CCN(C(=O)Nc3ccccc3)CC2)sc1C. The average Bonchev–Trinajstić information content (AvgIpc) is 3.04. The summed E-state index contributed by atoms with van der Waals surface area (Å²) in [5, 5.41) is 6.03. The number of carbonyl (C=O) groups excluding carboxylic acids is 2. The molecule has 0 atom stereocenters. The average molecular weight is 372 g/mol. The van der Waals surface area contributed by atoms with E-state index in [1.165, 1.54) is 10.4 Å². The van der Waals surface area contributed by atoms with Gasteiger partial charge in [-0.2, -0.15) is 0 Å². The maximum Gasteiger partial charge on any atom is 0.321 e. The number of hydrogen-bond donors (Lipinski definition) is 2. The summed E-state index contributed by atoms with van der Waals surface area (Å²) in [5.41, 5.74) is 2.04. The first-order valence-electron chi connectivity index (χ1n) is 9.08.